The van der Waals surface area contributed by atoms with Crippen LogP contribution in [0.2, 0.25) is 0 Å². The van der Waals surface area contributed by atoms with Crippen molar-refractivity contribution in [1.29, 1.82) is 0 Å². The van der Waals surface area contributed by atoms with Gasteiger partial charge in [-0.3, -0.25) is 0 Å². The van der Waals surface area contributed by atoms with Gasteiger partial charge in [0.15, 0.2) is 0 Å². The Kier molecular flexibility index (Phi) is 3.41. The van der Waals surface area contributed by atoms with Crippen molar-refractivity contribution in [2.45, 2.75) is 18.2 Å². The number of hydrogen-bond acceptors (Lipinski definition) is 5. The highest BCUT2D eigenvalue weighted by atomic mass is 35.7. The Balaban J connectivity index is 3.30. The third-order valence-electron chi connectivity index (χ3n) is 1.74. The normalized spacial score (nSPS) is 11.4. The average Bonchev–Trinajstić information content (AvgIpc) is 2.59. The van der Waals surface area contributed by atoms with Crippen LogP contribution in [0.25, 0.3) is 0 Å². The van der Waals surface area contributed by atoms with E-state index in [2.05, 4.69) is 4.74 Å². The standard InChI is InChI=1S/C8H9ClO5S/c1-3-5-7(15(9,11)12)4-6(14-5)8(10)13-2/h4H,3H2,1-2H3. The highest BCUT2D eigenvalue weighted by Crippen LogP contribution is 2.24. The smallest absolute Gasteiger partial charge is 0.373 e. The van der Waals surface area contributed by atoms with Gasteiger partial charge in [-0.15, -0.1) is 0 Å². The van der Waals surface area contributed by atoms with E-state index < -0.39 is 15.0 Å². The van der Waals surface area contributed by atoms with E-state index in [0.717, 1.165) is 6.07 Å². The fourth-order valence-corrected chi connectivity index (χ4v) is 2.16. The summed E-state index contributed by atoms with van der Waals surface area (Å²) in [4.78, 5) is 10.9. The van der Waals surface area contributed by atoms with Gasteiger partial charge in [0.2, 0.25) is 5.76 Å². The second-order valence-electron chi connectivity index (χ2n) is 2.68. The Morgan fingerprint density at radius 3 is 2.53 bits per heavy atom. The van der Waals surface area contributed by atoms with Crippen LogP contribution in [0.3, 0.4) is 0 Å². The lowest BCUT2D eigenvalue weighted by molar-refractivity contribution is 0.0563. The Labute approximate surface area is 91.4 Å². The van der Waals surface area contributed by atoms with E-state index in [-0.39, 0.29) is 16.4 Å². The molecule has 0 aliphatic rings. The number of carbonyl (C=O) groups excluding carboxylic acids is 1. The molecule has 0 spiro atoms. The number of aryl methyl sites for hydroxylation is 1. The van der Waals surface area contributed by atoms with Gasteiger partial charge in [-0.2, -0.15) is 0 Å². The van der Waals surface area contributed by atoms with Gasteiger partial charge in [0, 0.05) is 23.2 Å². The van der Waals surface area contributed by atoms with E-state index in [1.807, 2.05) is 0 Å². The van der Waals surface area contributed by atoms with E-state index in [4.69, 9.17) is 15.1 Å². The van der Waals surface area contributed by atoms with Crippen molar-refractivity contribution < 1.29 is 22.4 Å². The van der Waals surface area contributed by atoms with Crippen molar-refractivity contribution in [3.05, 3.63) is 17.6 Å². The first-order valence-electron chi connectivity index (χ1n) is 4.05. The van der Waals surface area contributed by atoms with Crippen molar-refractivity contribution in [1.82, 2.24) is 0 Å². The molecule has 0 N–H and O–H groups in total. The minimum Gasteiger partial charge on any atom is -0.463 e. The van der Waals surface area contributed by atoms with Gasteiger partial charge in [-0.1, -0.05) is 6.92 Å². The summed E-state index contributed by atoms with van der Waals surface area (Å²) in [5, 5.41) is 0. The first-order chi connectivity index (χ1) is 6.90. The second kappa shape index (κ2) is 4.24. The monoisotopic (exact) mass is 252 g/mol. The van der Waals surface area contributed by atoms with Crippen LogP contribution in [-0.2, 0) is 20.2 Å². The molecular weight excluding hydrogens is 244 g/mol. The fourth-order valence-electron chi connectivity index (χ4n) is 1.07. The Morgan fingerprint density at radius 2 is 2.20 bits per heavy atom. The van der Waals surface area contributed by atoms with E-state index in [1.165, 1.54) is 7.11 Å². The first-order valence-corrected chi connectivity index (χ1v) is 6.36. The predicted molar refractivity (Wildman–Crippen MR) is 52.5 cm³/mol. The summed E-state index contributed by atoms with van der Waals surface area (Å²) in [6.07, 6.45) is 0.318. The molecule has 0 fully saturated rings. The lowest BCUT2D eigenvalue weighted by atomic mass is 10.3. The molecule has 84 valence electrons. The van der Waals surface area contributed by atoms with Crippen LogP contribution in [0.4, 0.5) is 0 Å². The molecule has 15 heavy (non-hydrogen) atoms. The van der Waals surface area contributed by atoms with Crippen molar-refractivity contribution >= 4 is 25.7 Å². The number of hydrogen-bond donors (Lipinski definition) is 0. The van der Waals surface area contributed by atoms with Gasteiger partial charge in [-0.05, 0) is 0 Å². The van der Waals surface area contributed by atoms with Crippen molar-refractivity contribution in [2.24, 2.45) is 0 Å². The third kappa shape index (κ3) is 2.51. The van der Waals surface area contributed by atoms with Crippen LogP contribution < -0.4 is 0 Å². The van der Waals surface area contributed by atoms with Crippen LogP contribution in [0, 0.1) is 0 Å². The van der Waals surface area contributed by atoms with Gasteiger partial charge in [0.25, 0.3) is 9.05 Å². The van der Waals surface area contributed by atoms with Crippen molar-refractivity contribution in [3.63, 3.8) is 0 Å². The second-order valence-corrected chi connectivity index (χ2v) is 5.22. The summed E-state index contributed by atoms with van der Waals surface area (Å²) >= 11 is 0. The number of ether oxygens (including phenoxy) is 1. The quantitative estimate of drug-likeness (QED) is 0.603. The Morgan fingerprint density at radius 1 is 1.60 bits per heavy atom. The van der Waals surface area contributed by atoms with Gasteiger partial charge in [0.05, 0.1) is 7.11 Å². The lowest BCUT2D eigenvalue weighted by Crippen LogP contribution is -1.98. The number of esters is 1. The molecule has 0 aliphatic carbocycles. The maximum atomic E-state index is 11.1. The topological polar surface area (TPSA) is 73.6 Å². The van der Waals surface area contributed by atoms with Crippen LogP contribution in [-0.4, -0.2) is 21.5 Å². The molecule has 0 saturated heterocycles. The predicted octanol–water partition coefficient (Wildman–Crippen LogP) is 1.56. The molecule has 0 atom stereocenters. The van der Waals surface area contributed by atoms with Crippen molar-refractivity contribution in [2.75, 3.05) is 7.11 Å². The summed E-state index contributed by atoms with van der Waals surface area (Å²) in [6.45, 7) is 1.69. The molecule has 0 amide bonds. The molecule has 5 nitrogen and oxygen atoms in total. The van der Waals surface area contributed by atoms with E-state index >= 15 is 0 Å². The van der Waals surface area contributed by atoms with Gasteiger partial charge in [0.1, 0.15) is 10.7 Å². The number of carbonyl (C=O) groups is 1. The van der Waals surface area contributed by atoms with Gasteiger partial charge < -0.3 is 9.15 Å². The molecule has 0 unspecified atom stereocenters. The van der Waals surface area contributed by atoms with Crippen LogP contribution >= 0.6 is 10.7 Å². The lowest BCUT2D eigenvalue weighted by Gasteiger charge is -1.93. The molecule has 1 heterocycles. The zero-order valence-corrected chi connectivity index (χ0v) is 9.68. The number of halogens is 1. The Hall–Kier alpha value is -1.01. The number of rotatable bonds is 3. The van der Waals surface area contributed by atoms with Crippen LogP contribution in [0.5, 0.6) is 0 Å². The van der Waals surface area contributed by atoms with E-state index in [0.29, 0.717) is 6.42 Å². The maximum absolute atomic E-state index is 11.1. The number of methoxy groups -OCH3 is 1. The van der Waals surface area contributed by atoms with Crippen LogP contribution in [0.1, 0.15) is 23.2 Å². The van der Waals surface area contributed by atoms with Gasteiger partial charge in [-0.25, -0.2) is 13.2 Å². The highest BCUT2D eigenvalue weighted by molar-refractivity contribution is 8.13. The summed E-state index contributed by atoms with van der Waals surface area (Å²) in [7, 11) is 2.44. The van der Waals surface area contributed by atoms with E-state index in [9.17, 15) is 13.2 Å². The molecule has 1 rings (SSSR count). The minimum absolute atomic E-state index is 0.144. The van der Waals surface area contributed by atoms with E-state index in [1.54, 1.807) is 6.92 Å². The largest absolute Gasteiger partial charge is 0.463 e. The molecule has 0 saturated carbocycles. The highest BCUT2D eigenvalue weighted by Gasteiger charge is 2.23. The molecule has 0 aromatic carbocycles. The molecule has 0 bridgehead atoms. The van der Waals surface area contributed by atoms with Crippen molar-refractivity contribution in [3.8, 4) is 0 Å². The molecule has 1 aromatic heterocycles. The van der Waals surface area contributed by atoms with Crippen LogP contribution in [0.15, 0.2) is 15.4 Å². The Bertz CT molecular complexity index is 473. The molecule has 7 heteroatoms. The minimum atomic E-state index is -3.90. The molecule has 0 radical (unpaired) electrons. The molecule has 1 aromatic rings. The van der Waals surface area contributed by atoms with Gasteiger partial charge >= 0.3 is 5.97 Å². The average molecular weight is 253 g/mol. The number of furan rings is 1. The summed E-state index contributed by atoms with van der Waals surface area (Å²) in [6, 6.07) is 1.06. The first kappa shape index (κ1) is 12.1. The molecular formula is C8H9ClO5S. The maximum Gasteiger partial charge on any atom is 0.373 e. The molecule has 0 aliphatic heterocycles. The zero-order chi connectivity index (χ0) is 11.6. The fraction of sp³-hybridized carbons (Fsp3) is 0.375. The zero-order valence-electron chi connectivity index (χ0n) is 8.11. The third-order valence-corrected chi connectivity index (χ3v) is 3.11. The summed E-state index contributed by atoms with van der Waals surface area (Å²) < 4.78 is 31.6. The summed E-state index contributed by atoms with van der Waals surface area (Å²) in [5.41, 5.74) is 0. The summed E-state index contributed by atoms with van der Waals surface area (Å²) in [5.74, 6) is -0.768. The SMILES string of the molecule is CCc1oc(C(=O)OC)cc1S(=O)(=O)Cl.